The molecule has 0 saturated heterocycles. The Morgan fingerprint density at radius 3 is 2.67 bits per heavy atom. The number of rotatable bonds is 6. The monoisotopic (exact) mass is 288 g/mol. The van der Waals surface area contributed by atoms with Crippen molar-refractivity contribution in [2.24, 2.45) is 5.92 Å². The molecule has 2 rings (SSSR count). The van der Waals surface area contributed by atoms with Gasteiger partial charge in [-0.2, -0.15) is 4.98 Å². The maximum Gasteiger partial charge on any atom is 0.231 e. The normalized spacial score (nSPS) is 14.4. The van der Waals surface area contributed by atoms with Crippen molar-refractivity contribution >= 4 is 0 Å². The summed E-state index contributed by atoms with van der Waals surface area (Å²) in [6, 6.07) is 2.21. The first-order chi connectivity index (χ1) is 10.0. The number of pyridine rings is 1. The molecule has 0 aliphatic rings. The molecular weight excluding hydrogens is 264 g/mol. The van der Waals surface area contributed by atoms with Gasteiger partial charge in [0.05, 0.1) is 5.92 Å². The van der Waals surface area contributed by atoms with E-state index >= 15 is 0 Å². The highest BCUT2D eigenvalue weighted by molar-refractivity contribution is 5.58. The Labute approximate surface area is 126 Å². The van der Waals surface area contributed by atoms with E-state index < -0.39 is 0 Å². The predicted molar refractivity (Wildman–Crippen MR) is 83.0 cm³/mol. The topological polar surface area (TPSA) is 63.8 Å². The van der Waals surface area contributed by atoms with Crippen LogP contribution in [0.1, 0.15) is 45.1 Å². The molecule has 0 aliphatic heterocycles. The molecule has 5 nitrogen and oxygen atoms in total. The highest BCUT2D eigenvalue weighted by Crippen LogP contribution is 2.29. The highest BCUT2D eigenvalue weighted by atomic mass is 16.5. The zero-order chi connectivity index (χ0) is 15.4. The lowest BCUT2D eigenvalue weighted by molar-refractivity contribution is 0.281. The zero-order valence-electron chi connectivity index (χ0n) is 13.4. The quantitative estimate of drug-likeness (QED) is 0.884. The predicted octanol–water partition coefficient (Wildman–Crippen LogP) is 3.18. The average molecular weight is 288 g/mol. The van der Waals surface area contributed by atoms with Gasteiger partial charge < -0.3 is 9.84 Å². The van der Waals surface area contributed by atoms with Gasteiger partial charge in [-0.1, -0.05) is 25.9 Å². The molecule has 0 fully saturated rings. The van der Waals surface area contributed by atoms with Crippen LogP contribution in [0.4, 0.5) is 0 Å². The van der Waals surface area contributed by atoms with Crippen molar-refractivity contribution in [3.63, 3.8) is 0 Å². The van der Waals surface area contributed by atoms with E-state index in [1.54, 1.807) is 6.20 Å². The van der Waals surface area contributed by atoms with E-state index in [-0.39, 0.29) is 5.92 Å². The molecule has 2 unspecified atom stereocenters. The summed E-state index contributed by atoms with van der Waals surface area (Å²) in [5.41, 5.74) is 2.02. The van der Waals surface area contributed by atoms with Gasteiger partial charge in [0.2, 0.25) is 11.7 Å². The lowest BCUT2D eigenvalue weighted by atomic mass is 9.89. The molecule has 21 heavy (non-hydrogen) atoms. The van der Waals surface area contributed by atoms with E-state index in [2.05, 4.69) is 48.1 Å². The van der Waals surface area contributed by atoms with Crippen molar-refractivity contribution in [1.82, 2.24) is 20.4 Å². The standard InChI is InChI=1S/C16H24N4O/c1-6-18-12(5)14(10(2)3)16-19-15(20-21-16)13-7-8-17-9-11(13)4/h7-10,12,14,18H,6H2,1-5H3. The average Bonchev–Trinajstić information content (AvgIpc) is 2.88. The van der Waals surface area contributed by atoms with Gasteiger partial charge in [-0.15, -0.1) is 0 Å². The summed E-state index contributed by atoms with van der Waals surface area (Å²) in [7, 11) is 0. The maximum atomic E-state index is 5.54. The Bertz CT molecular complexity index is 579. The van der Waals surface area contributed by atoms with E-state index in [1.165, 1.54) is 0 Å². The van der Waals surface area contributed by atoms with Gasteiger partial charge in [0.25, 0.3) is 0 Å². The lowest BCUT2D eigenvalue weighted by Gasteiger charge is -2.24. The third-order valence-electron chi connectivity index (χ3n) is 3.77. The fraction of sp³-hybridized carbons (Fsp3) is 0.562. The van der Waals surface area contributed by atoms with Gasteiger partial charge in [0.1, 0.15) is 0 Å². The van der Waals surface area contributed by atoms with E-state index in [0.717, 1.165) is 17.7 Å². The molecule has 0 radical (unpaired) electrons. The van der Waals surface area contributed by atoms with Crippen LogP contribution in [0.15, 0.2) is 23.0 Å². The number of aryl methyl sites for hydroxylation is 1. The summed E-state index contributed by atoms with van der Waals surface area (Å²) >= 11 is 0. The molecule has 0 bridgehead atoms. The third kappa shape index (κ3) is 3.47. The van der Waals surface area contributed by atoms with Crippen molar-refractivity contribution < 1.29 is 4.52 Å². The number of aromatic nitrogens is 3. The van der Waals surface area contributed by atoms with Gasteiger partial charge in [-0.25, -0.2) is 0 Å². The van der Waals surface area contributed by atoms with Crippen LogP contribution in [-0.2, 0) is 0 Å². The van der Waals surface area contributed by atoms with Crippen LogP contribution < -0.4 is 5.32 Å². The summed E-state index contributed by atoms with van der Waals surface area (Å²) < 4.78 is 5.54. The van der Waals surface area contributed by atoms with Gasteiger partial charge in [-0.05, 0) is 37.9 Å². The Balaban J connectivity index is 2.31. The maximum absolute atomic E-state index is 5.54. The van der Waals surface area contributed by atoms with Gasteiger partial charge in [0.15, 0.2) is 0 Å². The van der Waals surface area contributed by atoms with Crippen LogP contribution in [0.5, 0.6) is 0 Å². The molecule has 114 valence electrons. The largest absolute Gasteiger partial charge is 0.339 e. The van der Waals surface area contributed by atoms with Crippen molar-refractivity contribution in [2.75, 3.05) is 6.54 Å². The first kappa shape index (κ1) is 15.6. The first-order valence-corrected chi connectivity index (χ1v) is 7.52. The number of nitrogens with one attached hydrogen (secondary N) is 1. The summed E-state index contributed by atoms with van der Waals surface area (Å²) in [6.45, 7) is 11.6. The Hall–Kier alpha value is -1.75. The molecule has 2 aromatic heterocycles. The minimum atomic E-state index is 0.202. The van der Waals surface area contributed by atoms with Crippen molar-refractivity contribution in [1.29, 1.82) is 0 Å². The smallest absolute Gasteiger partial charge is 0.231 e. The minimum Gasteiger partial charge on any atom is -0.339 e. The molecule has 0 spiro atoms. The van der Waals surface area contributed by atoms with Gasteiger partial charge in [-0.3, -0.25) is 4.98 Å². The van der Waals surface area contributed by atoms with Crippen molar-refractivity contribution in [3.8, 4) is 11.4 Å². The minimum absolute atomic E-state index is 0.202. The molecular formula is C16H24N4O. The molecule has 2 aromatic rings. The fourth-order valence-corrected chi connectivity index (χ4v) is 2.73. The first-order valence-electron chi connectivity index (χ1n) is 7.52. The Kier molecular flexibility index (Phi) is 5.07. The van der Waals surface area contributed by atoms with Crippen LogP contribution in [0.3, 0.4) is 0 Å². The molecule has 1 N–H and O–H groups in total. The Morgan fingerprint density at radius 2 is 2.05 bits per heavy atom. The molecule has 0 amide bonds. The fourth-order valence-electron chi connectivity index (χ4n) is 2.73. The summed E-state index contributed by atoms with van der Waals surface area (Å²) in [5, 5.41) is 7.60. The summed E-state index contributed by atoms with van der Waals surface area (Å²) in [4.78, 5) is 8.72. The molecule has 0 aliphatic carbocycles. The zero-order valence-corrected chi connectivity index (χ0v) is 13.4. The van der Waals surface area contributed by atoms with E-state index in [0.29, 0.717) is 23.7 Å². The van der Waals surface area contributed by atoms with Crippen LogP contribution >= 0.6 is 0 Å². The highest BCUT2D eigenvalue weighted by Gasteiger charge is 2.28. The molecule has 2 atom stereocenters. The molecule has 0 aromatic carbocycles. The second-order valence-electron chi connectivity index (χ2n) is 5.76. The summed E-state index contributed by atoms with van der Waals surface area (Å²) in [6.07, 6.45) is 3.56. The lowest BCUT2D eigenvalue weighted by Crippen LogP contribution is -2.34. The van der Waals surface area contributed by atoms with Crippen molar-refractivity contribution in [3.05, 3.63) is 29.9 Å². The molecule has 2 heterocycles. The number of likely N-dealkylation sites (N-methyl/N-ethyl adjacent to an activating group) is 1. The van der Waals surface area contributed by atoms with Crippen LogP contribution in [0.2, 0.25) is 0 Å². The molecule has 0 saturated carbocycles. The van der Waals surface area contributed by atoms with E-state index in [9.17, 15) is 0 Å². The SMILES string of the molecule is CCNC(C)C(c1nc(-c2ccncc2C)no1)C(C)C. The van der Waals surface area contributed by atoms with Gasteiger partial charge >= 0.3 is 0 Å². The van der Waals surface area contributed by atoms with Crippen molar-refractivity contribution in [2.45, 2.75) is 46.6 Å². The number of nitrogens with zero attached hydrogens (tertiary/aromatic N) is 3. The van der Waals surface area contributed by atoms with Crippen LogP contribution in [0, 0.1) is 12.8 Å². The van der Waals surface area contributed by atoms with E-state index in [4.69, 9.17) is 4.52 Å². The van der Waals surface area contributed by atoms with Gasteiger partial charge in [0, 0.05) is 24.0 Å². The Morgan fingerprint density at radius 1 is 1.29 bits per heavy atom. The number of hydrogen-bond donors (Lipinski definition) is 1. The second-order valence-corrected chi connectivity index (χ2v) is 5.76. The van der Waals surface area contributed by atoms with E-state index in [1.807, 2.05) is 19.2 Å². The molecule has 5 heteroatoms. The van der Waals surface area contributed by atoms with Crippen LogP contribution in [-0.4, -0.2) is 27.7 Å². The third-order valence-corrected chi connectivity index (χ3v) is 3.77. The number of hydrogen-bond acceptors (Lipinski definition) is 5. The van der Waals surface area contributed by atoms with Crippen LogP contribution in [0.25, 0.3) is 11.4 Å². The second kappa shape index (κ2) is 6.80. The summed E-state index contributed by atoms with van der Waals surface area (Å²) in [5.74, 6) is 1.96.